The maximum Gasteiger partial charge on any atom is 0.240 e. The number of para-hydroxylation sites is 2. The zero-order chi connectivity index (χ0) is 13.9. The summed E-state index contributed by atoms with van der Waals surface area (Å²) >= 11 is 0. The summed E-state index contributed by atoms with van der Waals surface area (Å²) in [4.78, 5) is 19.8. The van der Waals surface area contributed by atoms with E-state index in [9.17, 15) is 4.79 Å². The minimum absolute atomic E-state index is 0. The van der Waals surface area contributed by atoms with Crippen LogP contribution in [-0.4, -0.2) is 41.7 Å². The van der Waals surface area contributed by atoms with E-state index in [0.29, 0.717) is 19.8 Å². The van der Waals surface area contributed by atoms with Crippen molar-refractivity contribution in [3.05, 3.63) is 30.1 Å². The van der Waals surface area contributed by atoms with E-state index in [-0.39, 0.29) is 42.8 Å². The molecular formula is C14H20Cl2N4O2. The molecule has 0 bridgehead atoms. The molecule has 6 nitrogen and oxygen atoms in total. The highest BCUT2D eigenvalue weighted by molar-refractivity contribution is 5.85. The maximum absolute atomic E-state index is 12.1. The third-order valence-corrected chi connectivity index (χ3v) is 3.41. The monoisotopic (exact) mass is 346 g/mol. The number of hydrogen-bond acceptors (Lipinski definition) is 4. The lowest BCUT2D eigenvalue weighted by Gasteiger charge is -2.24. The van der Waals surface area contributed by atoms with Crippen LogP contribution < -0.4 is 10.6 Å². The minimum Gasteiger partial charge on any atom is -0.378 e. The Balaban J connectivity index is 0.00000121. The Bertz CT molecular complexity index is 581. The van der Waals surface area contributed by atoms with E-state index in [4.69, 9.17) is 4.74 Å². The highest BCUT2D eigenvalue weighted by Gasteiger charge is 2.23. The average molecular weight is 347 g/mol. The van der Waals surface area contributed by atoms with E-state index >= 15 is 0 Å². The predicted octanol–water partition coefficient (Wildman–Crippen LogP) is 1.57. The van der Waals surface area contributed by atoms with E-state index in [2.05, 4.69) is 20.6 Å². The highest BCUT2D eigenvalue weighted by atomic mass is 35.5. The smallest absolute Gasteiger partial charge is 0.240 e. The van der Waals surface area contributed by atoms with Crippen molar-refractivity contribution in [1.82, 2.24) is 20.6 Å². The summed E-state index contributed by atoms with van der Waals surface area (Å²) in [5.74, 6) is 0.703. The largest absolute Gasteiger partial charge is 0.378 e. The van der Waals surface area contributed by atoms with Gasteiger partial charge < -0.3 is 20.4 Å². The van der Waals surface area contributed by atoms with E-state index < -0.39 is 0 Å². The van der Waals surface area contributed by atoms with Gasteiger partial charge in [0.2, 0.25) is 5.91 Å². The molecule has 0 spiro atoms. The summed E-state index contributed by atoms with van der Waals surface area (Å²) in [7, 11) is 0. The van der Waals surface area contributed by atoms with Crippen LogP contribution in [0, 0.1) is 0 Å². The number of nitrogens with one attached hydrogen (secondary N) is 3. The van der Waals surface area contributed by atoms with Crippen molar-refractivity contribution in [3.8, 4) is 0 Å². The van der Waals surface area contributed by atoms with Crippen LogP contribution >= 0.6 is 24.8 Å². The number of halogens is 2. The van der Waals surface area contributed by atoms with Crippen molar-refractivity contribution >= 4 is 41.8 Å². The summed E-state index contributed by atoms with van der Waals surface area (Å²) < 4.78 is 5.29. The number of H-pyrrole nitrogens is 1. The van der Waals surface area contributed by atoms with Crippen LogP contribution in [0.2, 0.25) is 0 Å². The molecule has 1 amide bonds. The number of morpholine rings is 1. The molecule has 8 heteroatoms. The molecule has 22 heavy (non-hydrogen) atoms. The maximum atomic E-state index is 12.1. The van der Waals surface area contributed by atoms with Crippen LogP contribution in [0.1, 0.15) is 18.8 Å². The average Bonchev–Trinajstić information content (AvgIpc) is 2.92. The predicted molar refractivity (Wildman–Crippen MR) is 89.8 cm³/mol. The van der Waals surface area contributed by atoms with Gasteiger partial charge in [0.15, 0.2) is 0 Å². The van der Waals surface area contributed by atoms with E-state index in [1.165, 1.54) is 0 Å². The molecule has 1 fully saturated rings. The number of carbonyl (C=O) groups excluding carboxylic acids is 1. The summed E-state index contributed by atoms with van der Waals surface area (Å²) in [5.41, 5.74) is 1.88. The van der Waals surface area contributed by atoms with Crippen LogP contribution in [-0.2, 0) is 9.53 Å². The Kier molecular flexibility index (Phi) is 7.09. The molecule has 2 atom stereocenters. The van der Waals surface area contributed by atoms with Crippen molar-refractivity contribution < 1.29 is 9.53 Å². The van der Waals surface area contributed by atoms with Crippen molar-refractivity contribution in [2.45, 2.75) is 19.0 Å². The van der Waals surface area contributed by atoms with Crippen molar-refractivity contribution in [2.24, 2.45) is 0 Å². The van der Waals surface area contributed by atoms with Gasteiger partial charge in [0.05, 0.1) is 30.3 Å². The summed E-state index contributed by atoms with van der Waals surface area (Å²) in [6.07, 6.45) is 0. The number of benzene rings is 1. The molecular weight excluding hydrogens is 327 g/mol. The van der Waals surface area contributed by atoms with Gasteiger partial charge in [0.1, 0.15) is 11.9 Å². The summed E-state index contributed by atoms with van der Waals surface area (Å²) in [5, 5.41) is 6.09. The molecule has 0 saturated carbocycles. The van der Waals surface area contributed by atoms with Crippen molar-refractivity contribution in [1.29, 1.82) is 0 Å². The number of hydrogen-bond donors (Lipinski definition) is 3. The van der Waals surface area contributed by atoms with Crippen LogP contribution in [0.15, 0.2) is 24.3 Å². The number of ether oxygens (including phenoxy) is 1. The van der Waals surface area contributed by atoms with Gasteiger partial charge in [-0.2, -0.15) is 0 Å². The quantitative estimate of drug-likeness (QED) is 0.788. The lowest BCUT2D eigenvalue weighted by Crippen LogP contribution is -2.51. The number of imidazole rings is 1. The number of rotatable bonds is 3. The van der Waals surface area contributed by atoms with Gasteiger partial charge in [-0.3, -0.25) is 4.79 Å². The van der Waals surface area contributed by atoms with Gasteiger partial charge in [-0.1, -0.05) is 12.1 Å². The first-order valence-electron chi connectivity index (χ1n) is 6.80. The Hall–Kier alpha value is -1.34. The highest BCUT2D eigenvalue weighted by Crippen LogP contribution is 2.15. The fraction of sp³-hybridized carbons (Fsp3) is 0.429. The molecule has 122 valence electrons. The second kappa shape index (κ2) is 8.33. The fourth-order valence-electron chi connectivity index (χ4n) is 2.29. The second-order valence-corrected chi connectivity index (χ2v) is 4.95. The zero-order valence-corrected chi connectivity index (χ0v) is 13.8. The number of aromatic amines is 1. The first-order chi connectivity index (χ1) is 9.74. The molecule has 3 N–H and O–H groups in total. The van der Waals surface area contributed by atoms with Crippen molar-refractivity contribution in [2.75, 3.05) is 19.8 Å². The van der Waals surface area contributed by atoms with Gasteiger partial charge in [-0.05, 0) is 19.1 Å². The van der Waals surface area contributed by atoms with Gasteiger partial charge in [-0.15, -0.1) is 24.8 Å². The number of nitrogens with zero attached hydrogens (tertiary/aromatic N) is 1. The summed E-state index contributed by atoms with van der Waals surface area (Å²) in [6.45, 7) is 3.69. The number of amides is 1. The normalized spacial score (nSPS) is 18.9. The van der Waals surface area contributed by atoms with Gasteiger partial charge in [-0.25, -0.2) is 4.98 Å². The molecule has 1 aliphatic rings. The summed E-state index contributed by atoms with van der Waals surface area (Å²) in [6, 6.07) is 7.36. The first-order valence-corrected chi connectivity index (χ1v) is 6.80. The molecule has 1 aromatic heterocycles. The van der Waals surface area contributed by atoms with Gasteiger partial charge in [0, 0.05) is 6.54 Å². The molecule has 2 heterocycles. The molecule has 2 unspecified atom stereocenters. The number of aromatic nitrogens is 2. The molecule has 0 radical (unpaired) electrons. The van der Waals surface area contributed by atoms with E-state index in [1.54, 1.807) is 0 Å². The lowest BCUT2D eigenvalue weighted by molar-refractivity contribution is -0.126. The molecule has 1 aromatic carbocycles. The standard InChI is InChI=1S/C14H18N4O2.2ClH/c1-9(16-14(19)12-8-20-7-6-15-12)13-17-10-4-2-3-5-11(10)18-13;;/h2-5,9,12,15H,6-8H2,1H3,(H,16,19)(H,17,18);2*1H. The zero-order valence-electron chi connectivity index (χ0n) is 12.2. The Morgan fingerprint density at radius 1 is 1.41 bits per heavy atom. The first kappa shape index (κ1) is 18.7. The molecule has 0 aliphatic carbocycles. The van der Waals surface area contributed by atoms with Crippen molar-refractivity contribution in [3.63, 3.8) is 0 Å². The number of fused-ring (bicyclic) bond motifs is 1. The second-order valence-electron chi connectivity index (χ2n) is 4.95. The minimum atomic E-state index is -0.282. The van der Waals surface area contributed by atoms with E-state index in [1.807, 2.05) is 31.2 Å². The Morgan fingerprint density at radius 2 is 2.18 bits per heavy atom. The molecule has 2 aromatic rings. The van der Waals surface area contributed by atoms with Crippen LogP contribution in [0.5, 0.6) is 0 Å². The van der Waals surface area contributed by atoms with Gasteiger partial charge >= 0.3 is 0 Å². The van der Waals surface area contributed by atoms with Crippen LogP contribution in [0.4, 0.5) is 0 Å². The SMILES string of the molecule is CC(NC(=O)C1COCCN1)c1nc2ccccc2[nH]1.Cl.Cl. The topological polar surface area (TPSA) is 79.0 Å². The van der Waals surface area contributed by atoms with Gasteiger partial charge in [0.25, 0.3) is 0 Å². The molecule has 3 rings (SSSR count). The fourth-order valence-corrected chi connectivity index (χ4v) is 2.29. The Morgan fingerprint density at radius 3 is 2.86 bits per heavy atom. The van der Waals surface area contributed by atoms with Crippen LogP contribution in [0.3, 0.4) is 0 Å². The molecule has 1 aliphatic heterocycles. The third-order valence-electron chi connectivity index (χ3n) is 3.41. The molecule has 1 saturated heterocycles. The van der Waals surface area contributed by atoms with E-state index in [0.717, 1.165) is 16.9 Å². The number of carbonyl (C=O) groups is 1. The van der Waals surface area contributed by atoms with Crippen LogP contribution in [0.25, 0.3) is 11.0 Å². The third kappa shape index (κ3) is 4.10. The lowest BCUT2D eigenvalue weighted by atomic mass is 10.2. The Labute approximate surface area is 141 Å².